The first kappa shape index (κ1) is 13.0. The summed E-state index contributed by atoms with van der Waals surface area (Å²) in [6.07, 6.45) is 1.55. The lowest BCUT2D eigenvalue weighted by molar-refractivity contribution is -0.0589. The van der Waals surface area contributed by atoms with Crippen LogP contribution in [-0.2, 0) is 11.3 Å². The minimum atomic E-state index is -0.907. The molecule has 0 saturated carbocycles. The van der Waals surface area contributed by atoms with Gasteiger partial charge in [-0.1, -0.05) is 24.1 Å². The third-order valence-corrected chi connectivity index (χ3v) is 3.09. The molecule has 7 heteroatoms. The van der Waals surface area contributed by atoms with Gasteiger partial charge in [-0.05, 0) is 12.1 Å². The number of carbonyl (C=O) groups excluding carboxylic acids is 3. The lowest BCUT2D eigenvalue weighted by Gasteiger charge is -2.11. The van der Waals surface area contributed by atoms with Crippen molar-refractivity contribution >= 4 is 17.8 Å². The van der Waals surface area contributed by atoms with Gasteiger partial charge >= 0.3 is 5.97 Å². The first-order valence-corrected chi connectivity index (χ1v) is 6.26. The number of benzene rings is 1. The number of hydroxylamine groups is 2. The maximum Gasteiger partial charge on any atom is 0.385 e. The number of oxazole rings is 1. The van der Waals surface area contributed by atoms with Gasteiger partial charge in [-0.2, -0.15) is 0 Å². The average molecular weight is 286 g/mol. The molecule has 1 aliphatic heterocycles. The monoisotopic (exact) mass is 286 g/mol. The lowest BCUT2D eigenvalue weighted by atomic mass is 10.1. The Morgan fingerprint density at radius 1 is 1.24 bits per heavy atom. The molecule has 1 aromatic carbocycles. The summed E-state index contributed by atoms with van der Waals surface area (Å²) in [6, 6.07) is 6.25. The van der Waals surface area contributed by atoms with Gasteiger partial charge < -0.3 is 9.25 Å². The number of hydrogen-bond donors (Lipinski definition) is 0. The Balaban J connectivity index is 1.86. The van der Waals surface area contributed by atoms with Crippen LogP contribution in [0.1, 0.15) is 43.9 Å². The highest BCUT2D eigenvalue weighted by Crippen LogP contribution is 2.23. The predicted octanol–water partition coefficient (Wildman–Crippen LogP) is 1.60. The van der Waals surface area contributed by atoms with Crippen molar-refractivity contribution in [3.63, 3.8) is 0 Å². The molecular weight excluding hydrogens is 276 g/mol. The second-order valence-electron chi connectivity index (χ2n) is 4.31. The van der Waals surface area contributed by atoms with Crippen LogP contribution in [0.4, 0.5) is 0 Å². The van der Waals surface area contributed by atoms with Crippen molar-refractivity contribution in [3.8, 4) is 0 Å². The van der Waals surface area contributed by atoms with Crippen molar-refractivity contribution in [3.05, 3.63) is 53.2 Å². The first-order valence-electron chi connectivity index (χ1n) is 6.26. The van der Waals surface area contributed by atoms with Gasteiger partial charge in [0.2, 0.25) is 0 Å². The van der Waals surface area contributed by atoms with Gasteiger partial charge in [0, 0.05) is 6.42 Å². The van der Waals surface area contributed by atoms with Crippen molar-refractivity contribution in [2.24, 2.45) is 0 Å². The summed E-state index contributed by atoms with van der Waals surface area (Å²) < 4.78 is 5.01. The van der Waals surface area contributed by atoms with E-state index >= 15 is 0 Å². The molecule has 0 bridgehead atoms. The van der Waals surface area contributed by atoms with Gasteiger partial charge in [-0.3, -0.25) is 9.59 Å². The zero-order valence-electron chi connectivity index (χ0n) is 11.0. The quantitative estimate of drug-likeness (QED) is 0.796. The molecule has 1 aromatic heterocycles. The van der Waals surface area contributed by atoms with Crippen LogP contribution in [0.5, 0.6) is 0 Å². The highest BCUT2D eigenvalue weighted by molar-refractivity contribution is 6.21. The minimum absolute atomic E-state index is 0.0472. The lowest BCUT2D eigenvalue weighted by Crippen LogP contribution is -2.33. The van der Waals surface area contributed by atoms with Crippen molar-refractivity contribution in [2.45, 2.75) is 13.3 Å². The Morgan fingerprint density at radius 2 is 1.86 bits per heavy atom. The van der Waals surface area contributed by atoms with Crippen LogP contribution in [0.15, 0.2) is 35.1 Å². The zero-order chi connectivity index (χ0) is 15.0. The molecular formula is C14H10N2O5. The zero-order valence-corrected chi connectivity index (χ0v) is 11.0. The fourth-order valence-electron chi connectivity index (χ4n) is 2.06. The normalized spacial score (nSPS) is 13.5. The summed E-state index contributed by atoms with van der Waals surface area (Å²) in [5.41, 5.74) is 0.353. The van der Waals surface area contributed by atoms with Gasteiger partial charge in [0.1, 0.15) is 5.76 Å². The Bertz CT molecular complexity index is 714. The maximum atomic E-state index is 12.1. The minimum Gasteiger partial charge on any atom is -0.448 e. The summed E-state index contributed by atoms with van der Waals surface area (Å²) in [5.74, 6) is -1.93. The molecule has 2 amide bonds. The van der Waals surface area contributed by atoms with Crippen LogP contribution >= 0.6 is 0 Å². The van der Waals surface area contributed by atoms with E-state index in [1.54, 1.807) is 19.1 Å². The predicted molar refractivity (Wildman–Crippen MR) is 68.2 cm³/mol. The molecule has 0 radical (unpaired) electrons. The summed E-state index contributed by atoms with van der Waals surface area (Å²) in [6.45, 7) is 1.78. The molecule has 0 unspecified atom stereocenters. The maximum absolute atomic E-state index is 12.1. The van der Waals surface area contributed by atoms with E-state index in [-0.39, 0.29) is 16.8 Å². The second kappa shape index (κ2) is 4.86. The summed E-state index contributed by atoms with van der Waals surface area (Å²) in [4.78, 5) is 44.7. The van der Waals surface area contributed by atoms with E-state index in [1.807, 2.05) is 0 Å². The summed E-state index contributed by atoms with van der Waals surface area (Å²) in [5, 5.41) is 0.446. The largest absolute Gasteiger partial charge is 0.448 e. The summed E-state index contributed by atoms with van der Waals surface area (Å²) >= 11 is 0. The van der Waals surface area contributed by atoms with Gasteiger partial charge in [0.05, 0.1) is 11.1 Å². The van der Waals surface area contributed by atoms with Gasteiger partial charge in [0.25, 0.3) is 11.8 Å². The van der Waals surface area contributed by atoms with Crippen LogP contribution in [0.3, 0.4) is 0 Å². The van der Waals surface area contributed by atoms with Crippen molar-refractivity contribution in [1.82, 2.24) is 10.0 Å². The van der Waals surface area contributed by atoms with Crippen LogP contribution in [0, 0.1) is 0 Å². The summed E-state index contributed by atoms with van der Waals surface area (Å²) in [7, 11) is 0. The highest BCUT2D eigenvalue weighted by Gasteiger charge is 2.39. The molecule has 21 heavy (non-hydrogen) atoms. The molecule has 3 rings (SSSR count). The Morgan fingerprint density at radius 3 is 2.43 bits per heavy atom. The first-order chi connectivity index (χ1) is 10.1. The van der Waals surface area contributed by atoms with Crippen LogP contribution in [0.2, 0.25) is 0 Å². The fraction of sp³-hybridized carbons (Fsp3) is 0.143. The third kappa shape index (κ3) is 1.99. The van der Waals surface area contributed by atoms with Crippen molar-refractivity contribution in [1.29, 1.82) is 0 Å². The molecule has 0 N–H and O–H groups in total. The van der Waals surface area contributed by atoms with Crippen molar-refractivity contribution in [2.75, 3.05) is 0 Å². The fourth-order valence-corrected chi connectivity index (χ4v) is 2.06. The van der Waals surface area contributed by atoms with Gasteiger partial charge in [-0.25, -0.2) is 9.78 Å². The molecule has 0 aliphatic carbocycles. The number of nitrogens with zero attached hydrogens (tertiary/aromatic N) is 2. The molecule has 0 atom stereocenters. The molecule has 2 aromatic rings. The molecule has 2 heterocycles. The van der Waals surface area contributed by atoms with Crippen LogP contribution in [0.25, 0.3) is 0 Å². The number of hydrogen-bond acceptors (Lipinski definition) is 6. The number of amides is 2. The molecule has 1 aliphatic rings. The highest BCUT2D eigenvalue weighted by atomic mass is 16.7. The van der Waals surface area contributed by atoms with E-state index in [2.05, 4.69) is 4.98 Å². The van der Waals surface area contributed by atoms with E-state index < -0.39 is 17.8 Å². The average Bonchev–Trinajstić information content (AvgIpc) is 3.07. The Hall–Kier alpha value is -2.96. The standard InChI is InChI=1S/C14H10N2O5/c1-2-10-11(15-7-20-10)14(19)21-16-12(17)8-5-3-4-6-9(8)13(16)18/h3-7H,2H2,1H3. The van der Waals surface area contributed by atoms with Gasteiger partial charge in [-0.15, -0.1) is 0 Å². The Kier molecular flexibility index (Phi) is 3.02. The van der Waals surface area contributed by atoms with Crippen LogP contribution in [-0.4, -0.2) is 27.8 Å². The van der Waals surface area contributed by atoms with Crippen molar-refractivity contribution < 1.29 is 23.6 Å². The number of aromatic nitrogens is 1. The number of aryl methyl sites for hydroxylation is 1. The van der Waals surface area contributed by atoms with Crippen LogP contribution < -0.4 is 0 Å². The van der Waals surface area contributed by atoms with E-state index in [0.717, 1.165) is 6.39 Å². The number of fused-ring (bicyclic) bond motifs is 1. The van der Waals surface area contributed by atoms with E-state index in [9.17, 15) is 14.4 Å². The third-order valence-electron chi connectivity index (χ3n) is 3.09. The second-order valence-corrected chi connectivity index (χ2v) is 4.31. The molecule has 106 valence electrons. The SMILES string of the molecule is CCc1ocnc1C(=O)ON1C(=O)c2ccccc2C1=O. The van der Waals surface area contributed by atoms with Gasteiger partial charge in [0.15, 0.2) is 12.1 Å². The smallest absolute Gasteiger partial charge is 0.385 e. The molecule has 0 spiro atoms. The molecule has 0 saturated heterocycles. The van der Waals surface area contributed by atoms with E-state index in [0.29, 0.717) is 17.2 Å². The number of rotatable bonds is 3. The van der Waals surface area contributed by atoms with E-state index in [4.69, 9.17) is 9.25 Å². The van der Waals surface area contributed by atoms with E-state index in [1.165, 1.54) is 12.1 Å². The number of imide groups is 1. The molecule has 7 nitrogen and oxygen atoms in total. The molecule has 0 fully saturated rings. The Labute approximate surface area is 119 Å². The number of carbonyl (C=O) groups is 3. The topological polar surface area (TPSA) is 89.7 Å².